The van der Waals surface area contributed by atoms with E-state index >= 15 is 0 Å². The average Bonchev–Trinajstić information content (AvgIpc) is 3.30. The van der Waals surface area contributed by atoms with Gasteiger partial charge in [-0.3, -0.25) is 14.5 Å². The zero-order chi connectivity index (χ0) is 29.0. The van der Waals surface area contributed by atoms with E-state index in [9.17, 15) is 14.0 Å². The number of carbonyl (C=O) groups excluding carboxylic acids is 2. The van der Waals surface area contributed by atoms with E-state index < -0.39 is 0 Å². The highest BCUT2D eigenvalue weighted by molar-refractivity contribution is 6.06. The van der Waals surface area contributed by atoms with Crippen molar-refractivity contribution in [3.05, 3.63) is 101 Å². The number of hydrogen-bond acceptors (Lipinski definition) is 4. The van der Waals surface area contributed by atoms with Crippen molar-refractivity contribution in [2.45, 2.75) is 32.7 Å². The highest BCUT2D eigenvalue weighted by Crippen LogP contribution is 2.26. The van der Waals surface area contributed by atoms with Crippen LogP contribution in [0.4, 0.5) is 10.1 Å². The van der Waals surface area contributed by atoms with Crippen LogP contribution in [0.3, 0.4) is 0 Å². The second kappa shape index (κ2) is 12.2. The molecule has 4 aromatic rings. The zero-order valence-electron chi connectivity index (χ0n) is 23.9. The fourth-order valence-electron chi connectivity index (χ4n) is 5.09. The Balaban J connectivity index is 1.37. The van der Waals surface area contributed by atoms with Crippen LogP contribution in [0.5, 0.6) is 0 Å². The standard InChI is InChI=1S/C33H37FN4O3/c1-33(2,3)26-9-7-24(8-10-26)31(39)36-28-11-12-29-25(20-28)21-30(38(29)22-23-5-4-6-27(34)19-23)32(40)35-13-14-37-15-17-41-18-16-37/h4-12,19-21H,13-18,22H2,1-3H3,(H,35,40)(H,36,39). The first kappa shape index (κ1) is 28.5. The third-order valence-electron chi connectivity index (χ3n) is 7.45. The number of nitrogens with one attached hydrogen (secondary N) is 2. The van der Waals surface area contributed by atoms with Crippen LogP contribution in [0.1, 0.15) is 52.7 Å². The molecule has 2 N–H and O–H groups in total. The molecule has 5 rings (SSSR count). The number of ether oxygens (including phenoxy) is 1. The minimum atomic E-state index is -0.323. The predicted octanol–water partition coefficient (Wildman–Crippen LogP) is 5.44. The molecule has 0 bridgehead atoms. The number of anilines is 1. The summed E-state index contributed by atoms with van der Waals surface area (Å²) in [5.41, 5.74) is 4.41. The minimum Gasteiger partial charge on any atom is -0.379 e. The van der Waals surface area contributed by atoms with E-state index in [2.05, 4.69) is 36.3 Å². The third-order valence-corrected chi connectivity index (χ3v) is 7.45. The smallest absolute Gasteiger partial charge is 0.267 e. The first-order valence-electron chi connectivity index (χ1n) is 14.1. The van der Waals surface area contributed by atoms with Crippen LogP contribution in [-0.4, -0.2) is 60.7 Å². The summed E-state index contributed by atoms with van der Waals surface area (Å²) >= 11 is 0. The molecule has 8 heteroatoms. The first-order valence-corrected chi connectivity index (χ1v) is 14.1. The van der Waals surface area contributed by atoms with Crippen molar-refractivity contribution in [2.75, 3.05) is 44.7 Å². The van der Waals surface area contributed by atoms with Gasteiger partial charge in [-0.05, 0) is 65.1 Å². The van der Waals surface area contributed by atoms with E-state index in [-0.39, 0.29) is 23.0 Å². The summed E-state index contributed by atoms with van der Waals surface area (Å²) in [6.07, 6.45) is 0. The molecule has 0 unspecified atom stereocenters. The van der Waals surface area contributed by atoms with Crippen molar-refractivity contribution in [1.82, 2.24) is 14.8 Å². The summed E-state index contributed by atoms with van der Waals surface area (Å²) in [5, 5.41) is 6.83. The average molecular weight is 557 g/mol. The van der Waals surface area contributed by atoms with Gasteiger partial charge in [-0.2, -0.15) is 0 Å². The number of aromatic nitrogens is 1. The lowest BCUT2D eigenvalue weighted by Crippen LogP contribution is -2.41. The van der Waals surface area contributed by atoms with Crippen LogP contribution >= 0.6 is 0 Å². The second-order valence-corrected chi connectivity index (χ2v) is 11.5. The van der Waals surface area contributed by atoms with Crippen LogP contribution in [0.25, 0.3) is 10.9 Å². The molecule has 0 saturated carbocycles. The quantitative estimate of drug-likeness (QED) is 0.303. The van der Waals surface area contributed by atoms with Crippen molar-refractivity contribution < 1.29 is 18.7 Å². The molecule has 214 valence electrons. The molecule has 2 heterocycles. The molecular weight excluding hydrogens is 519 g/mol. The van der Waals surface area contributed by atoms with Crippen LogP contribution in [0.15, 0.2) is 72.8 Å². The number of carbonyl (C=O) groups is 2. The van der Waals surface area contributed by atoms with Crippen molar-refractivity contribution in [3.8, 4) is 0 Å². The van der Waals surface area contributed by atoms with Gasteiger partial charge in [0.1, 0.15) is 11.5 Å². The van der Waals surface area contributed by atoms with Crippen LogP contribution in [0, 0.1) is 5.82 Å². The number of nitrogens with zero attached hydrogens (tertiary/aromatic N) is 2. The van der Waals surface area contributed by atoms with E-state index in [1.807, 2.05) is 59.2 Å². The Morgan fingerprint density at radius 3 is 2.39 bits per heavy atom. The molecule has 0 atom stereocenters. The molecule has 1 aliphatic heterocycles. The van der Waals surface area contributed by atoms with Gasteiger partial charge in [-0.15, -0.1) is 0 Å². The molecule has 1 saturated heterocycles. The number of rotatable bonds is 8. The number of amides is 2. The van der Waals surface area contributed by atoms with E-state index in [4.69, 9.17) is 4.74 Å². The van der Waals surface area contributed by atoms with Gasteiger partial charge in [0.05, 0.1) is 13.2 Å². The summed E-state index contributed by atoms with van der Waals surface area (Å²) in [4.78, 5) is 28.6. The second-order valence-electron chi connectivity index (χ2n) is 11.5. The lowest BCUT2D eigenvalue weighted by atomic mass is 9.87. The maximum atomic E-state index is 14.0. The van der Waals surface area contributed by atoms with Gasteiger partial charge < -0.3 is 19.9 Å². The Morgan fingerprint density at radius 1 is 0.927 bits per heavy atom. The Hall–Kier alpha value is -4.01. The summed E-state index contributed by atoms with van der Waals surface area (Å²) in [5.74, 6) is -0.725. The maximum Gasteiger partial charge on any atom is 0.267 e. The van der Waals surface area contributed by atoms with Gasteiger partial charge in [0.15, 0.2) is 0 Å². The molecule has 41 heavy (non-hydrogen) atoms. The van der Waals surface area contributed by atoms with Gasteiger partial charge in [0.2, 0.25) is 0 Å². The highest BCUT2D eigenvalue weighted by atomic mass is 19.1. The normalized spacial score (nSPS) is 14.2. The summed E-state index contributed by atoms with van der Waals surface area (Å²) in [6.45, 7) is 11.1. The summed E-state index contributed by atoms with van der Waals surface area (Å²) in [7, 11) is 0. The minimum absolute atomic E-state index is 0.00518. The first-order chi connectivity index (χ1) is 19.7. The predicted molar refractivity (Wildman–Crippen MR) is 160 cm³/mol. The van der Waals surface area contributed by atoms with Gasteiger partial charge in [0.25, 0.3) is 11.8 Å². The van der Waals surface area contributed by atoms with Crippen molar-refractivity contribution in [3.63, 3.8) is 0 Å². The molecular formula is C33H37FN4O3. The van der Waals surface area contributed by atoms with E-state index in [1.54, 1.807) is 6.07 Å². The van der Waals surface area contributed by atoms with Crippen LogP contribution in [-0.2, 0) is 16.7 Å². The van der Waals surface area contributed by atoms with Crippen molar-refractivity contribution in [2.24, 2.45) is 0 Å². The molecule has 3 aromatic carbocycles. The van der Waals surface area contributed by atoms with Crippen molar-refractivity contribution in [1.29, 1.82) is 0 Å². The summed E-state index contributed by atoms with van der Waals surface area (Å²) < 4.78 is 21.3. The van der Waals surface area contributed by atoms with Crippen LogP contribution < -0.4 is 10.6 Å². The Labute approximate surface area is 240 Å². The highest BCUT2D eigenvalue weighted by Gasteiger charge is 2.19. The van der Waals surface area contributed by atoms with Gasteiger partial charge in [0, 0.05) is 54.9 Å². The largest absolute Gasteiger partial charge is 0.379 e. The Morgan fingerprint density at radius 2 is 1.68 bits per heavy atom. The fourth-order valence-corrected chi connectivity index (χ4v) is 5.09. The molecule has 1 aromatic heterocycles. The number of morpholine rings is 1. The SMILES string of the molecule is CC(C)(C)c1ccc(C(=O)Nc2ccc3c(c2)cc(C(=O)NCCN2CCOCC2)n3Cc2cccc(F)c2)cc1. The number of hydrogen-bond donors (Lipinski definition) is 2. The maximum absolute atomic E-state index is 14.0. The lowest BCUT2D eigenvalue weighted by Gasteiger charge is -2.26. The van der Waals surface area contributed by atoms with Gasteiger partial charge in [-0.25, -0.2) is 4.39 Å². The van der Waals surface area contributed by atoms with Gasteiger partial charge in [-0.1, -0.05) is 45.0 Å². The van der Waals surface area contributed by atoms with Gasteiger partial charge >= 0.3 is 0 Å². The molecule has 2 amide bonds. The Bertz CT molecular complexity index is 1530. The molecule has 0 spiro atoms. The number of benzene rings is 3. The molecule has 0 aliphatic carbocycles. The topological polar surface area (TPSA) is 75.6 Å². The van der Waals surface area contributed by atoms with E-state index in [0.717, 1.165) is 41.7 Å². The Kier molecular flexibility index (Phi) is 8.52. The summed E-state index contributed by atoms with van der Waals surface area (Å²) in [6, 6.07) is 21.4. The fraction of sp³-hybridized carbons (Fsp3) is 0.333. The monoisotopic (exact) mass is 556 g/mol. The molecule has 1 aliphatic rings. The molecule has 0 radical (unpaired) electrons. The number of halogens is 1. The van der Waals surface area contributed by atoms with Crippen molar-refractivity contribution >= 4 is 28.4 Å². The molecule has 1 fully saturated rings. The van der Waals surface area contributed by atoms with Crippen LogP contribution in [0.2, 0.25) is 0 Å². The van der Waals surface area contributed by atoms with E-state index in [0.29, 0.717) is 43.2 Å². The van der Waals surface area contributed by atoms with E-state index in [1.165, 1.54) is 12.1 Å². The molecule has 7 nitrogen and oxygen atoms in total. The zero-order valence-corrected chi connectivity index (χ0v) is 23.9. The lowest BCUT2D eigenvalue weighted by molar-refractivity contribution is 0.0383. The number of fused-ring (bicyclic) bond motifs is 1. The third kappa shape index (κ3) is 7.01.